The molecule has 0 fully saturated rings. The van der Waals surface area contributed by atoms with Crippen molar-refractivity contribution >= 4 is 0 Å². The van der Waals surface area contributed by atoms with E-state index in [4.69, 9.17) is 10.5 Å². The molecule has 18 heavy (non-hydrogen) atoms. The van der Waals surface area contributed by atoms with Crippen LogP contribution in [-0.2, 0) is 6.42 Å². The summed E-state index contributed by atoms with van der Waals surface area (Å²) in [6, 6.07) is 6.98. The zero-order chi connectivity index (χ0) is 12.8. The van der Waals surface area contributed by atoms with E-state index in [0.29, 0.717) is 6.04 Å². The Morgan fingerprint density at radius 2 is 2.28 bits per heavy atom. The first kappa shape index (κ1) is 13.4. The molecule has 1 aromatic carbocycles. The molecule has 0 aromatic heterocycles. The van der Waals surface area contributed by atoms with Gasteiger partial charge in [-0.2, -0.15) is 0 Å². The van der Waals surface area contributed by atoms with Crippen LogP contribution in [0.2, 0.25) is 0 Å². The van der Waals surface area contributed by atoms with Gasteiger partial charge in [0.15, 0.2) is 0 Å². The number of fused-ring (bicyclic) bond motifs is 1. The summed E-state index contributed by atoms with van der Waals surface area (Å²) >= 11 is 0. The molecule has 3 heteroatoms. The van der Waals surface area contributed by atoms with E-state index in [1.807, 2.05) is 0 Å². The van der Waals surface area contributed by atoms with Crippen molar-refractivity contribution in [2.45, 2.75) is 38.1 Å². The molecule has 3 N–H and O–H groups in total. The first-order valence-electron chi connectivity index (χ1n) is 6.95. The number of hydrogen-bond donors (Lipinski definition) is 2. The van der Waals surface area contributed by atoms with Crippen LogP contribution in [0.4, 0.5) is 0 Å². The lowest BCUT2D eigenvalue weighted by Crippen LogP contribution is -2.26. The minimum atomic E-state index is 0.512. The molecule has 0 spiro atoms. The van der Waals surface area contributed by atoms with Gasteiger partial charge in [-0.15, -0.1) is 0 Å². The Bertz CT molecular complexity index is 379. The topological polar surface area (TPSA) is 47.3 Å². The summed E-state index contributed by atoms with van der Waals surface area (Å²) < 4.78 is 5.29. The molecular formula is C15H24N2O. The Kier molecular flexibility index (Phi) is 5.02. The van der Waals surface area contributed by atoms with Crippen molar-refractivity contribution in [3.8, 4) is 5.75 Å². The van der Waals surface area contributed by atoms with E-state index in [2.05, 4.69) is 23.5 Å². The number of ether oxygens (including phenoxy) is 1. The second kappa shape index (κ2) is 6.76. The molecule has 2 rings (SSSR count). The Morgan fingerprint density at radius 3 is 3.06 bits per heavy atom. The van der Waals surface area contributed by atoms with E-state index in [0.717, 1.165) is 25.3 Å². The average Bonchev–Trinajstić information content (AvgIpc) is 2.43. The molecule has 1 unspecified atom stereocenters. The molecule has 0 saturated heterocycles. The third-order valence-electron chi connectivity index (χ3n) is 3.69. The fourth-order valence-corrected chi connectivity index (χ4v) is 2.68. The summed E-state index contributed by atoms with van der Waals surface area (Å²) in [6.45, 7) is 1.85. The van der Waals surface area contributed by atoms with E-state index >= 15 is 0 Å². The predicted octanol–water partition coefficient (Wildman–Crippen LogP) is 2.40. The minimum Gasteiger partial charge on any atom is -0.497 e. The molecule has 0 saturated carbocycles. The summed E-state index contributed by atoms with van der Waals surface area (Å²) in [6.07, 6.45) is 5.94. The molecule has 0 heterocycles. The fourth-order valence-electron chi connectivity index (χ4n) is 2.68. The van der Waals surface area contributed by atoms with Gasteiger partial charge in [-0.25, -0.2) is 0 Å². The van der Waals surface area contributed by atoms with Crippen molar-refractivity contribution in [1.29, 1.82) is 0 Å². The van der Waals surface area contributed by atoms with Gasteiger partial charge in [-0.05, 0) is 68.5 Å². The summed E-state index contributed by atoms with van der Waals surface area (Å²) in [5.41, 5.74) is 8.41. The molecule has 0 aliphatic heterocycles. The van der Waals surface area contributed by atoms with Gasteiger partial charge in [0.1, 0.15) is 5.75 Å². The molecular weight excluding hydrogens is 224 g/mol. The maximum absolute atomic E-state index is 5.51. The number of methoxy groups -OCH3 is 1. The second-order valence-electron chi connectivity index (χ2n) is 4.96. The minimum absolute atomic E-state index is 0.512. The molecule has 0 amide bonds. The summed E-state index contributed by atoms with van der Waals surface area (Å²) in [5, 5.41) is 3.65. The Balaban J connectivity index is 1.99. The van der Waals surface area contributed by atoms with Crippen molar-refractivity contribution in [3.05, 3.63) is 29.3 Å². The van der Waals surface area contributed by atoms with Crippen LogP contribution < -0.4 is 15.8 Å². The second-order valence-corrected chi connectivity index (χ2v) is 4.96. The van der Waals surface area contributed by atoms with Gasteiger partial charge in [0, 0.05) is 6.04 Å². The number of nitrogens with two attached hydrogens (primary N) is 1. The van der Waals surface area contributed by atoms with E-state index in [1.165, 1.54) is 36.8 Å². The van der Waals surface area contributed by atoms with E-state index in [9.17, 15) is 0 Å². The maximum Gasteiger partial charge on any atom is 0.119 e. The number of nitrogens with one attached hydrogen (secondary N) is 1. The zero-order valence-electron chi connectivity index (χ0n) is 11.2. The Labute approximate surface area is 110 Å². The van der Waals surface area contributed by atoms with Crippen molar-refractivity contribution in [2.75, 3.05) is 20.2 Å². The third-order valence-corrected chi connectivity index (χ3v) is 3.69. The highest BCUT2D eigenvalue weighted by molar-refractivity contribution is 5.39. The largest absolute Gasteiger partial charge is 0.497 e. The van der Waals surface area contributed by atoms with Crippen molar-refractivity contribution in [2.24, 2.45) is 5.73 Å². The van der Waals surface area contributed by atoms with Crippen LogP contribution in [-0.4, -0.2) is 20.2 Å². The van der Waals surface area contributed by atoms with Crippen molar-refractivity contribution in [3.63, 3.8) is 0 Å². The molecule has 1 aliphatic rings. The standard InChI is InChI=1S/C15H24N2O/c1-18-13-7-8-14-12(11-13)5-4-6-15(14)17-10-3-2-9-16/h7-8,11,15,17H,2-6,9-10,16H2,1H3. The van der Waals surface area contributed by atoms with Crippen LogP contribution in [0.25, 0.3) is 0 Å². The van der Waals surface area contributed by atoms with Crippen molar-refractivity contribution in [1.82, 2.24) is 5.32 Å². The quantitative estimate of drug-likeness (QED) is 0.760. The van der Waals surface area contributed by atoms with E-state index < -0.39 is 0 Å². The highest BCUT2D eigenvalue weighted by Crippen LogP contribution is 2.32. The van der Waals surface area contributed by atoms with Gasteiger partial charge in [-0.1, -0.05) is 6.07 Å². The van der Waals surface area contributed by atoms with Gasteiger partial charge in [0.2, 0.25) is 0 Å². The van der Waals surface area contributed by atoms with Crippen LogP contribution >= 0.6 is 0 Å². The lowest BCUT2D eigenvalue weighted by Gasteiger charge is -2.27. The molecule has 1 aliphatic carbocycles. The number of unbranched alkanes of at least 4 members (excludes halogenated alkanes) is 1. The first-order chi connectivity index (χ1) is 8.85. The fraction of sp³-hybridized carbons (Fsp3) is 0.600. The molecule has 1 atom stereocenters. The molecule has 100 valence electrons. The van der Waals surface area contributed by atoms with Crippen LogP contribution in [0.1, 0.15) is 42.9 Å². The van der Waals surface area contributed by atoms with Gasteiger partial charge >= 0.3 is 0 Å². The molecule has 0 radical (unpaired) electrons. The molecule has 3 nitrogen and oxygen atoms in total. The van der Waals surface area contributed by atoms with Gasteiger partial charge in [0.05, 0.1) is 7.11 Å². The van der Waals surface area contributed by atoms with Gasteiger partial charge < -0.3 is 15.8 Å². The lowest BCUT2D eigenvalue weighted by molar-refractivity contribution is 0.410. The van der Waals surface area contributed by atoms with Crippen LogP contribution in [0.15, 0.2) is 18.2 Å². The smallest absolute Gasteiger partial charge is 0.119 e. The summed E-state index contributed by atoms with van der Waals surface area (Å²) in [4.78, 5) is 0. The van der Waals surface area contributed by atoms with Crippen LogP contribution in [0.5, 0.6) is 5.75 Å². The Hall–Kier alpha value is -1.06. The Morgan fingerprint density at radius 1 is 1.39 bits per heavy atom. The van der Waals surface area contributed by atoms with Crippen LogP contribution in [0.3, 0.4) is 0 Å². The van der Waals surface area contributed by atoms with Gasteiger partial charge in [-0.3, -0.25) is 0 Å². The first-order valence-corrected chi connectivity index (χ1v) is 6.95. The maximum atomic E-state index is 5.51. The monoisotopic (exact) mass is 248 g/mol. The predicted molar refractivity (Wildman–Crippen MR) is 75.0 cm³/mol. The number of benzene rings is 1. The third kappa shape index (κ3) is 3.24. The van der Waals surface area contributed by atoms with Crippen molar-refractivity contribution < 1.29 is 4.74 Å². The summed E-state index contributed by atoms with van der Waals surface area (Å²) in [7, 11) is 1.73. The zero-order valence-corrected chi connectivity index (χ0v) is 11.2. The number of hydrogen-bond acceptors (Lipinski definition) is 3. The number of aryl methyl sites for hydroxylation is 1. The number of rotatable bonds is 6. The summed E-state index contributed by atoms with van der Waals surface area (Å²) in [5.74, 6) is 0.970. The highest BCUT2D eigenvalue weighted by atomic mass is 16.5. The molecule has 1 aromatic rings. The highest BCUT2D eigenvalue weighted by Gasteiger charge is 2.19. The van der Waals surface area contributed by atoms with E-state index in [-0.39, 0.29) is 0 Å². The lowest BCUT2D eigenvalue weighted by atomic mass is 9.87. The van der Waals surface area contributed by atoms with Gasteiger partial charge in [0.25, 0.3) is 0 Å². The SMILES string of the molecule is COc1ccc2c(c1)CCCC2NCCCCN. The van der Waals surface area contributed by atoms with E-state index in [1.54, 1.807) is 7.11 Å². The normalized spacial score (nSPS) is 18.4. The molecule has 0 bridgehead atoms. The van der Waals surface area contributed by atoms with Crippen LogP contribution in [0, 0.1) is 0 Å². The average molecular weight is 248 g/mol.